The van der Waals surface area contributed by atoms with Gasteiger partial charge in [-0.25, -0.2) is 0 Å². The van der Waals surface area contributed by atoms with Gasteiger partial charge in [-0.05, 0) is 50.6 Å². The number of hydrogen-bond donors (Lipinski definition) is 0. The second-order valence-corrected chi connectivity index (χ2v) is 5.92. The molecule has 116 valence electrons. The van der Waals surface area contributed by atoms with Crippen LogP contribution in [0.3, 0.4) is 0 Å². The van der Waals surface area contributed by atoms with Gasteiger partial charge >= 0.3 is 0 Å². The van der Waals surface area contributed by atoms with E-state index in [0.29, 0.717) is 18.2 Å². The van der Waals surface area contributed by atoms with Crippen LogP contribution in [0, 0.1) is 0 Å². The third kappa shape index (κ3) is 5.56. The first-order chi connectivity index (χ1) is 10.1. The molecule has 21 heavy (non-hydrogen) atoms. The number of carbonyl (C=O) groups excluding carboxylic acids is 1. The zero-order chi connectivity index (χ0) is 15.1. The fourth-order valence-corrected chi connectivity index (χ4v) is 2.56. The van der Waals surface area contributed by atoms with Crippen molar-refractivity contribution in [2.45, 2.75) is 19.3 Å². The van der Waals surface area contributed by atoms with Crippen LogP contribution in [0.1, 0.15) is 19.3 Å². The minimum Gasteiger partial charge on any atom is -0.494 e. The van der Waals surface area contributed by atoms with Gasteiger partial charge in [0.15, 0.2) is 0 Å². The monoisotopic (exact) mass is 310 g/mol. The third-order valence-corrected chi connectivity index (χ3v) is 3.88. The van der Waals surface area contributed by atoms with Crippen molar-refractivity contribution in [2.24, 2.45) is 0 Å². The zero-order valence-electron chi connectivity index (χ0n) is 12.6. The second kappa shape index (κ2) is 8.25. The summed E-state index contributed by atoms with van der Waals surface area (Å²) in [5.74, 6) is 1.07. The lowest BCUT2D eigenvalue weighted by atomic mass is 10.3. The molecule has 0 N–H and O–H groups in total. The van der Waals surface area contributed by atoms with E-state index in [4.69, 9.17) is 16.3 Å². The number of benzene rings is 1. The van der Waals surface area contributed by atoms with Gasteiger partial charge in [0.1, 0.15) is 5.75 Å². The van der Waals surface area contributed by atoms with Crippen molar-refractivity contribution in [3.63, 3.8) is 0 Å². The average molecular weight is 311 g/mol. The molecule has 0 radical (unpaired) electrons. The van der Waals surface area contributed by atoms with Gasteiger partial charge in [-0.1, -0.05) is 11.6 Å². The highest BCUT2D eigenvalue weighted by Crippen LogP contribution is 2.15. The van der Waals surface area contributed by atoms with Gasteiger partial charge in [0.25, 0.3) is 0 Å². The van der Waals surface area contributed by atoms with Crippen molar-refractivity contribution in [2.75, 3.05) is 39.8 Å². The molecule has 1 aromatic rings. The van der Waals surface area contributed by atoms with Crippen LogP contribution in [0.4, 0.5) is 0 Å². The van der Waals surface area contributed by atoms with Crippen molar-refractivity contribution in [3.05, 3.63) is 29.3 Å². The molecule has 0 bridgehead atoms. The topological polar surface area (TPSA) is 32.8 Å². The number of carbonyl (C=O) groups is 1. The quantitative estimate of drug-likeness (QED) is 0.726. The summed E-state index contributed by atoms with van der Waals surface area (Å²) in [7, 11) is 1.98. The van der Waals surface area contributed by atoms with Crippen molar-refractivity contribution in [1.82, 2.24) is 9.80 Å². The molecule has 0 atom stereocenters. The number of nitrogens with zero attached hydrogens (tertiary/aromatic N) is 2. The minimum atomic E-state index is 0.244. The predicted octanol–water partition coefficient (Wildman–Crippen LogP) is 2.66. The summed E-state index contributed by atoms with van der Waals surface area (Å²) >= 11 is 5.82. The number of rotatable bonds is 7. The summed E-state index contributed by atoms with van der Waals surface area (Å²) in [6.07, 6.45) is 3.18. The number of ether oxygens (including phenoxy) is 1. The van der Waals surface area contributed by atoms with E-state index in [1.54, 1.807) is 0 Å². The number of hydrogen-bond acceptors (Lipinski definition) is 3. The Bertz CT molecular complexity index is 444. The van der Waals surface area contributed by atoms with E-state index in [-0.39, 0.29) is 5.91 Å². The van der Waals surface area contributed by atoms with Crippen molar-refractivity contribution in [3.8, 4) is 5.75 Å². The number of amides is 1. The summed E-state index contributed by atoms with van der Waals surface area (Å²) in [5, 5.41) is 0.711. The predicted molar refractivity (Wildman–Crippen MR) is 84.9 cm³/mol. The first kappa shape index (κ1) is 16.1. The molecule has 1 aromatic carbocycles. The van der Waals surface area contributed by atoms with Crippen LogP contribution in [0.25, 0.3) is 0 Å². The van der Waals surface area contributed by atoms with Crippen LogP contribution in [0.15, 0.2) is 24.3 Å². The van der Waals surface area contributed by atoms with Crippen LogP contribution < -0.4 is 4.74 Å². The summed E-state index contributed by atoms with van der Waals surface area (Å²) in [5.41, 5.74) is 0. The Morgan fingerprint density at radius 1 is 1.29 bits per heavy atom. The molecular weight excluding hydrogens is 288 g/mol. The van der Waals surface area contributed by atoms with Gasteiger partial charge in [0, 0.05) is 24.7 Å². The standard InChI is InChI=1S/C16H23ClN2O2/c1-18(13-16(20)19-10-2-3-11-19)9-4-12-21-15-7-5-14(17)6-8-15/h5-8H,2-4,9-13H2,1H3. The van der Waals surface area contributed by atoms with E-state index in [1.165, 1.54) is 0 Å². The van der Waals surface area contributed by atoms with E-state index < -0.39 is 0 Å². The fraction of sp³-hybridized carbons (Fsp3) is 0.562. The molecule has 1 amide bonds. The van der Waals surface area contributed by atoms with Gasteiger partial charge in [0.2, 0.25) is 5.91 Å². The Balaban J connectivity index is 1.59. The SMILES string of the molecule is CN(CCCOc1ccc(Cl)cc1)CC(=O)N1CCCC1. The molecule has 1 saturated heterocycles. The second-order valence-electron chi connectivity index (χ2n) is 5.48. The molecule has 2 rings (SSSR count). The maximum absolute atomic E-state index is 12.0. The van der Waals surface area contributed by atoms with Crippen LogP contribution in [0.5, 0.6) is 5.75 Å². The molecule has 1 fully saturated rings. The largest absolute Gasteiger partial charge is 0.494 e. The molecule has 1 aliphatic rings. The van der Waals surface area contributed by atoms with Crippen molar-refractivity contribution in [1.29, 1.82) is 0 Å². The highest BCUT2D eigenvalue weighted by atomic mass is 35.5. The first-order valence-electron chi connectivity index (χ1n) is 7.50. The molecule has 0 aliphatic carbocycles. The maximum atomic E-state index is 12.0. The molecule has 1 heterocycles. The van der Waals surface area contributed by atoms with Crippen LogP contribution in [-0.4, -0.2) is 55.5 Å². The zero-order valence-corrected chi connectivity index (χ0v) is 13.3. The molecule has 0 unspecified atom stereocenters. The smallest absolute Gasteiger partial charge is 0.236 e. The minimum absolute atomic E-state index is 0.244. The molecule has 0 saturated carbocycles. The van der Waals surface area contributed by atoms with Gasteiger partial charge in [0.05, 0.1) is 13.2 Å². The summed E-state index contributed by atoms with van der Waals surface area (Å²) < 4.78 is 5.64. The van der Waals surface area contributed by atoms with E-state index in [2.05, 4.69) is 4.90 Å². The molecule has 0 aromatic heterocycles. The van der Waals surface area contributed by atoms with Gasteiger partial charge < -0.3 is 9.64 Å². The van der Waals surface area contributed by atoms with Crippen molar-refractivity contribution < 1.29 is 9.53 Å². The highest BCUT2D eigenvalue weighted by molar-refractivity contribution is 6.30. The number of halogens is 1. The number of likely N-dealkylation sites (N-methyl/N-ethyl adjacent to an activating group) is 1. The first-order valence-corrected chi connectivity index (χ1v) is 7.87. The lowest BCUT2D eigenvalue weighted by molar-refractivity contribution is -0.131. The van der Waals surface area contributed by atoms with Crippen LogP contribution in [-0.2, 0) is 4.79 Å². The Morgan fingerprint density at radius 2 is 1.95 bits per heavy atom. The summed E-state index contributed by atoms with van der Waals surface area (Å²) in [6.45, 7) is 3.84. The fourth-order valence-electron chi connectivity index (χ4n) is 2.43. The Morgan fingerprint density at radius 3 is 2.62 bits per heavy atom. The lowest BCUT2D eigenvalue weighted by Crippen LogP contribution is -2.37. The normalized spacial score (nSPS) is 14.7. The molecule has 0 spiro atoms. The third-order valence-electron chi connectivity index (χ3n) is 3.63. The molecule has 5 heteroatoms. The molecule has 4 nitrogen and oxygen atoms in total. The molecule has 1 aliphatic heterocycles. The lowest BCUT2D eigenvalue weighted by Gasteiger charge is -2.21. The van der Waals surface area contributed by atoms with Crippen LogP contribution >= 0.6 is 11.6 Å². The average Bonchev–Trinajstić information content (AvgIpc) is 3.00. The Hall–Kier alpha value is -1.26. The van der Waals surface area contributed by atoms with Crippen LogP contribution in [0.2, 0.25) is 5.02 Å². The highest BCUT2D eigenvalue weighted by Gasteiger charge is 2.18. The van der Waals surface area contributed by atoms with E-state index >= 15 is 0 Å². The maximum Gasteiger partial charge on any atom is 0.236 e. The van der Waals surface area contributed by atoms with E-state index in [0.717, 1.165) is 44.6 Å². The van der Waals surface area contributed by atoms with Gasteiger partial charge in [-0.3, -0.25) is 9.69 Å². The van der Waals surface area contributed by atoms with Gasteiger partial charge in [-0.15, -0.1) is 0 Å². The molecular formula is C16H23ClN2O2. The summed E-state index contributed by atoms with van der Waals surface area (Å²) in [4.78, 5) is 16.0. The Labute approximate surface area is 131 Å². The van der Waals surface area contributed by atoms with Crippen molar-refractivity contribution >= 4 is 17.5 Å². The summed E-state index contributed by atoms with van der Waals surface area (Å²) in [6, 6.07) is 7.36. The van der Waals surface area contributed by atoms with E-state index in [9.17, 15) is 4.79 Å². The Kier molecular flexibility index (Phi) is 6.33. The number of likely N-dealkylation sites (tertiary alicyclic amines) is 1. The van der Waals surface area contributed by atoms with Gasteiger partial charge in [-0.2, -0.15) is 0 Å². The van der Waals surface area contributed by atoms with E-state index in [1.807, 2.05) is 36.2 Å².